The third-order valence-electron chi connectivity index (χ3n) is 2.74. The van der Waals surface area contributed by atoms with Crippen molar-refractivity contribution in [3.63, 3.8) is 0 Å². The molecule has 0 aliphatic heterocycles. The van der Waals surface area contributed by atoms with Gasteiger partial charge in [0.05, 0.1) is 21.7 Å². The molecule has 0 saturated heterocycles. The Kier molecular flexibility index (Phi) is 5.89. The van der Waals surface area contributed by atoms with Gasteiger partial charge >= 0.3 is 0 Å². The Balaban J connectivity index is 1.93. The minimum Gasteiger partial charge on any atom is -0.488 e. The smallest absolute Gasteiger partial charge is 0.253 e. The molecule has 1 atom stereocenters. The Morgan fingerprint density at radius 3 is 2.59 bits per heavy atom. The predicted molar refractivity (Wildman–Crippen MR) is 88.1 cm³/mol. The maximum Gasteiger partial charge on any atom is 0.253 e. The van der Waals surface area contributed by atoms with Gasteiger partial charge in [-0.3, -0.25) is 9.78 Å². The molecule has 0 spiro atoms. The SMILES string of the molecule is CC(COc1c(Cl)cc(Cl)cc1Cl)NC(=O)c1cccnc1. The molecule has 1 N–H and O–H groups in total. The molecule has 0 bridgehead atoms. The third-order valence-corrected chi connectivity index (χ3v) is 3.52. The first-order valence-corrected chi connectivity index (χ1v) is 7.59. The summed E-state index contributed by atoms with van der Waals surface area (Å²) in [7, 11) is 0. The zero-order valence-electron chi connectivity index (χ0n) is 11.6. The van der Waals surface area contributed by atoms with Crippen molar-refractivity contribution in [1.29, 1.82) is 0 Å². The fraction of sp³-hybridized carbons (Fsp3) is 0.200. The van der Waals surface area contributed by atoms with Crippen LogP contribution in [-0.2, 0) is 0 Å². The van der Waals surface area contributed by atoms with Crippen molar-refractivity contribution in [2.24, 2.45) is 0 Å². The topological polar surface area (TPSA) is 51.2 Å². The molecule has 0 aliphatic carbocycles. The highest BCUT2D eigenvalue weighted by atomic mass is 35.5. The summed E-state index contributed by atoms with van der Waals surface area (Å²) in [5.41, 5.74) is 0.483. The number of hydrogen-bond acceptors (Lipinski definition) is 3. The lowest BCUT2D eigenvalue weighted by atomic mass is 10.2. The zero-order valence-corrected chi connectivity index (χ0v) is 13.9. The van der Waals surface area contributed by atoms with E-state index >= 15 is 0 Å². The van der Waals surface area contributed by atoms with E-state index in [1.165, 1.54) is 6.20 Å². The fourth-order valence-corrected chi connectivity index (χ4v) is 2.65. The largest absolute Gasteiger partial charge is 0.488 e. The maximum absolute atomic E-state index is 12.0. The number of carbonyl (C=O) groups is 1. The van der Waals surface area contributed by atoms with Gasteiger partial charge in [-0.25, -0.2) is 0 Å². The molecule has 1 heterocycles. The molecule has 2 rings (SSSR count). The Bertz CT molecular complexity index is 642. The van der Waals surface area contributed by atoms with Gasteiger partial charge in [-0.1, -0.05) is 34.8 Å². The number of benzene rings is 1. The summed E-state index contributed by atoms with van der Waals surface area (Å²) in [6.45, 7) is 2.03. The van der Waals surface area contributed by atoms with Crippen LogP contribution in [0.5, 0.6) is 5.75 Å². The number of hydrogen-bond donors (Lipinski definition) is 1. The number of halogens is 3. The van der Waals surface area contributed by atoms with Gasteiger partial charge in [0, 0.05) is 17.4 Å². The maximum atomic E-state index is 12.0. The lowest BCUT2D eigenvalue weighted by Crippen LogP contribution is -2.36. The van der Waals surface area contributed by atoms with Crippen LogP contribution >= 0.6 is 34.8 Å². The van der Waals surface area contributed by atoms with E-state index in [4.69, 9.17) is 39.5 Å². The Morgan fingerprint density at radius 2 is 2.00 bits per heavy atom. The molecule has 116 valence electrons. The third kappa shape index (κ3) is 4.50. The van der Waals surface area contributed by atoms with Crippen molar-refractivity contribution < 1.29 is 9.53 Å². The van der Waals surface area contributed by atoms with E-state index in [-0.39, 0.29) is 18.6 Å². The van der Waals surface area contributed by atoms with Crippen LogP contribution in [0.2, 0.25) is 15.1 Å². The van der Waals surface area contributed by atoms with Gasteiger partial charge in [-0.2, -0.15) is 0 Å². The van der Waals surface area contributed by atoms with Gasteiger partial charge in [0.1, 0.15) is 6.61 Å². The number of aromatic nitrogens is 1. The van der Waals surface area contributed by atoms with Crippen LogP contribution < -0.4 is 10.1 Å². The lowest BCUT2D eigenvalue weighted by molar-refractivity contribution is 0.0926. The normalized spacial score (nSPS) is 11.8. The minimum atomic E-state index is -0.240. The van der Waals surface area contributed by atoms with E-state index in [0.717, 1.165) is 0 Å². The van der Waals surface area contributed by atoms with Crippen LogP contribution in [0, 0.1) is 0 Å². The quantitative estimate of drug-likeness (QED) is 0.868. The molecular weight excluding hydrogens is 347 g/mol. The van der Waals surface area contributed by atoms with E-state index in [2.05, 4.69) is 10.3 Å². The van der Waals surface area contributed by atoms with Gasteiger partial charge in [0.25, 0.3) is 5.91 Å². The second kappa shape index (κ2) is 7.68. The molecule has 4 nitrogen and oxygen atoms in total. The van der Waals surface area contributed by atoms with Crippen molar-refractivity contribution in [3.8, 4) is 5.75 Å². The second-order valence-corrected chi connectivity index (χ2v) is 5.88. The summed E-state index contributed by atoms with van der Waals surface area (Å²) in [6, 6.07) is 6.23. The molecule has 1 aromatic heterocycles. The highest BCUT2D eigenvalue weighted by Crippen LogP contribution is 2.35. The average molecular weight is 360 g/mol. The lowest BCUT2D eigenvalue weighted by Gasteiger charge is -2.16. The van der Waals surface area contributed by atoms with Crippen LogP contribution in [0.3, 0.4) is 0 Å². The summed E-state index contributed by atoms with van der Waals surface area (Å²) in [6.07, 6.45) is 3.10. The van der Waals surface area contributed by atoms with Crippen LogP contribution in [-0.4, -0.2) is 23.5 Å². The second-order valence-electron chi connectivity index (χ2n) is 4.63. The summed E-state index contributed by atoms with van der Waals surface area (Å²) < 4.78 is 5.57. The summed E-state index contributed by atoms with van der Waals surface area (Å²) >= 11 is 17.9. The number of ether oxygens (including phenoxy) is 1. The van der Waals surface area contributed by atoms with Crippen molar-refractivity contribution >= 4 is 40.7 Å². The van der Waals surface area contributed by atoms with Gasteiger partial charge in [-0.15, -0.1) is 0 Å². The molecule has 0 fully saturated rings. The number of amides is 1. The van der Waals surface area contributed by atoms with E-state index in [1.54, 1.807) is 30.5 Å². The first kappa shape index (κ1) is 16.9. The van der Waals surface area contributed by atoms with Gasteiger partial charge in [0.15, 0.2) is 5.75 Å². The van der Waals surface area contributed by atoms with Gasteiger partial charge in [0.2, 0.25) is 0 Å². The molecule has 1 amide bonds. The van der Waals surface area contributed by atoms with Gasteiger partial charge < -0.3 is 10.1 Å². The molecular formula is C15H13Cl3N2O2. The van der Waals surface area contributed by atoms with Crippen molar-refractivity contribution in [3.05, 3.63) is 57.3 Å². The van der Waals surface area contributed by atoms with E-state index in [0.29, 0.717) is 26.4 Å². The molecule has 1 unspecified atom stereocenters. The van der Waals surface area contributed by atoms with E-state index < -0.39 is 0 Å². The number of rotatable bonds is 5. The molecule has 22 heavy (non-hydrogen) atoms. The minimum absolute atomic E-state index is 0.215. The summed E-state index contributed by atoms with van der Waals surface area (Å²) in [4.78, 5) is 15.9. The Hall–Kier alpha value is -1.49. The molecule has 1 aromatic carbocycles. The predicted octanol–water partition coefficient (Wildman–Crippen LogP) is 4.24. The van der Waals surface area contributed by atoms with Gasteiger partial charge in [-0.05, 0) is 31.2 Å². The Labute approximate surface area is 143 Å². The van der Waals surface area contributed by atoms with Crippen molar-refractivity contribution in [2.45, 2.75) is 13.0 Å². The number of nitrogens with one attached hydrogen (secondary N) is 1. The van der Waals surface area contributed by atoms with Crippen LogP contribution in [0.15, 0.2) is 36.7 Å². The molecule has 7 heteroatoms. The number of pyridine rings is 1. The number of carbonyl (C=O) groups excluding carboxylic acids is 1. The zero-order chi connectivity index (χ0) is 16.1. The van der Waals surface area contributed by atoms with Crippen LogP contribution in [0.4, 0.5) is 0 Å². The van der Waals surface area contributed by atoms with E-state index in [1.807, 2.05) is 6.92 Å². The van der Waals surface area contributed by atoms with Crippen LogP contribution in [0.1, 0.15) is 17.3 Å². The highest BCUT2D eigenvalue weighted by molar-refractivity contribution is 6.40. The highest BCUT2D eigenvalue weighted by Gasteiger charge is 2.13. The van der Waals surface area contributed by atoms with Crippen molar-refractivity contribution in [1.82, 2.24) is 10.3 Å². The first-order chi connectivity index (χ1) is 10.5. The first-order valence-electron chi connectivity index (χ1n) is 6.45. The fourth-order valence-electron chi connectivity index (χ4n) is 1.72. The number of nitrogens with zero attached hydrogens (tertiary/aromatic N) is 1. The van der Waals surface area contributed by atoms with Crippen molar-refractivity contribution in [2.75, 3.05) is 6.61 Å². The summed E-state index contributed by atoms with van der Waals surface area (Å²) in [5, 5.41) is 3.88. The molecule has 0 saturated carbocycles. The molecule has 2 aromatic rings. The molecule has 0 radical (unpaired) electrons. The summed E-state index contributed by atoms with van der Waals surface area (Å²) in [5.74, 6) is 0.118. The van der Waals surface area contributed by atoms with E-state index in [9.17, 15) is 4.79 Å². The monoisotopic (exact) mass is 358 g/mol. The standard InChI is InChI=1S/C15H13Cl3N2O2/c1-9(20-15(21)10-3-2-4-19-7-10)8-22-14-12(17)5-11(16)6-13(14)18/h2-7,9H,8H2,1H3,(H,20,21). The Morgan fingerprint density at radius 1 is 1.32 bits per heavy atom. The average Bonchev–Trinajstić information content (AvgIpc) is 2.47. The molecule has 0 aliphatic rings. The van der Waals surface area contributed by atoms with Crippen LogP contribution in [0.25, 0.3) is 0 Å².